The number of ether oxygens (including phenoxy) is 1. The Morgan fingerprint density at radius 2 is 1.84 bits per heavy atom. The summed E-state index contributed by atoms with van der Waals surface area (Å²) < 4.78 is 19.7. The van der Waals surface area contributed by atoms with E-state index in [0.717, 1.165) is 51.2 Å². The Morgan fingerprint density at radius 3 is 2.58 bits per heavy atom. The van der Waals surface area contributed by atoms with Gasteiger partial charge in [-0.05, 0) is 50.0 Å². The van der Waals surface area contributed by atoms with Crippen molar-refractivity contribution in [2.45, 2.75) is 57.5 Å². The lowest BCUT2D eigenvalue weighted by molar-refractivity contribution is 0.191. The molecule has 0 bridgehead atoms. The summed E-state index contributed by atoms with van der Waals surface area (Å²) in [4.78, 5) is 12.8. The highest BCUT2D eigenvalue weighted by atomic mass is 19.1. The molecule has 2 fully saturated rings. The van der Waals surface area contributed by atoms with Crippen molar-refractivity contribution in [3.63, 3.8) is 0 Å². The Kier molecular flexibility index (Phi) is 6.97. The third-order valence-corrected chi connectivity index (χ3v) is 6.42. The number of hydrogen-bond donors (Lipinski definition) is 3. The molecule has 0 saturated heterocycles. The molecule has 31 heavy (non-hydrogen) atoms. The molecule has 0 unspecified atom stereocenters. The van der Waals surface area contributed by atoms with Crippen LogP contribution in [0.5, 0.6) is 0 Å². The predicted molar refractivity (Wildman–Crippen MR) is 121 cm³/mol. The molecule has 2 aromatic heterocycles. The van der Waals surface area contributed by atoms with Crippen molar-refractivity contribution in [2.75, 3.05) is 37.4 Å². The second-order valence-electron chi connectivity index (χ2n) is 9.14. The van der Waals surface area contributed by atoms with Gasteiger partial charge in [0, 0.05) is 43.9 Å². The first-order valence-electron chi connectivity index (χ1n) is 11.3. The minimum atomic E-state index is -0.379. The highest BCUT2D eigenvalue weighted by Crippen LogP contribution is 2.44. The van der Waals surface area contributed by atoms with Crippen LogP contribution in [0.15, 0.2) is 24.7 Å². The topological polar surface area (TPSA) is 84.0 Å². The molecule has 0 amide bonds. The largest absolute Gasteiger partial charge is 0.383 e. The smallest absolute Gasteiger partial charge is 0.151 e. The average Bonchev–Trinajstić information content (AvgIpc) is 3.53. The molecule has 0 radical (unpaired) electrons. The van der Waals surface area contributed by atoms with Gasteiger partial charge in [-0.1, -0.05) is 6.92 Å². The summed E-state index contributed by atoms with van der Waals surface area (Å²) in [6.07, 6.45) is 9.55. The van der Waals surface area contributed by atoms with Gasteiger partial charge in [-0.15, -0.1) is 0 Å². The van der Waals surface area contributed by atoms with Crippen LogP contribution in [0.1, 0.15) is 45.4 Å². The third-order valence-electron chi connectivity index (χ3n) is 6.42. The lowest BCUT2D eigenvalue weighted by atomic mass is 9.91. The maximum Gasteiger partial charge on any atom is 0.151 e. The van der Waals surface area contributed by atoms with Crippen LogP contribution in [0.3, 0.4) is 0 Å². The van der Waals surface area contributed by atoms with Gasteiger partial charge >= 0.3 is 0 Å². The van der Waals surface area contributed by atoms with Crippen molar-refractivity contribution in [1.29, 1.82) is 0 Å². The minimum Gasteiger partial charge on any atom is -0.383 e. The van der Waals surface area contributed by atoms with E-state index in [-0.39, 0.29) is 5.82 Å². The molecular formula is C23H33FN6O. The molecule has 0 spiro atoms. The van der Waals surface area contributed by atoms with E-state index in [1.165, 1.54) is 25.4 Å². The highest BCUT2D eigenvalue weighted by Gasteiger charge is 2.36. The van der Waals surface area contributed by atoms with Crippen LogP contribution in [0.25, 0.3) is 11.3 Å². The number of nitrogens with zero attached hydrogens (tertiary/aromatic N) is 3. The number of methoxy groups -OCH3 is 1. The first kappa shape index (κ1) is 21.9. The summed E-state index contributed by atoms with van der Waals surface area (Å²) in [5, 5.41) is 10.4. The Hall–Kier alpha value is -2.32. The molecule has 3 N–H and O–H groups in total. The van der Waals surface area contributed by atoms with E-state index in [0.29, 0.717) is 34.6 Å². The van der Waals surface area contributed by atoms with Gasteiger partial charge in [-0.25, -0.2) is 19.3 Å². The van der Waals surface area contributed by atoms with E-state index in [4.69, 9.17) is 4.74 Å². The summed E-state index contributed by atoms with van der Waals surface area (Å²) in [6.45, 7) is 4.75. The van der Waals surface area contributed by atoms with E-state index >= 15 is 0 Å². The predicted octanol–water partition coefficient (Wildman–Crippen LogP) is 3.85. The average molecular weight is 429 g/mol. The van der Waals surface area contributed by atoms with Gasteiger partial charge in [-0.3, -0.25) is 0 Å². The number of anilines is 2. The Bertz CT molecular complexity index is 867. The second kappa shape index (κ2) is 9.87. The van der Waals surface area contributed by atoms with E-state index in [9.17, 15) is 4.39 Å². The van der Waals surface area contributed by atoms with Gasteiger partial charge in [0.1, 0.15) is 18.0 Å². The molecule has 2 saturated carbocycles. The maximum absolute atomic E-state index is 14.6. The number of nitrogens with one attached hydrogen (secondary N) is 3. The van der Waals surface area contributed by atoms with Gasteiger partial charge in [0.25, 0.3) is 0 Å². The zero-order chi connectivity index (χ0) is 21.7. The fourth-order valence-electron chi connectivity index (χ4n) is 4.03. The first-order chi connectivity index (χ1) is 15.0. The first-order valence-corrected chi connectivity index (χ1v) is 11.3. The number of rotatable bonds is 10. The normalized spacial score (nSPS) is 22.2. The monoisotopic (exact) mass is 428 g/mol. The Balaban J connectivity index is 1.36. The number of aromatic nitrogens is 3. The van der Waals surface area contributed by atoms with Crippen molar-refractivity contribution in [1.82, 2.24) is 20.3 Å². The van der Waals surface area contributed by atoms with Crippen molar-refractivity contribution >= 4 is 11.6 Å². The molecule has 0 atom stereocenters. The quantitative estimate of drug-likeness (QED) is 0.496. The molecule has 7 nitrogen and oxygen atoms in total. The molecule has 168 valence electrons. The van der Waals surface area contributed by atoms with Gasteiger partial charge in [0.2, 0.25) is 0 Å². The van der Waals surface area contributed by atoms with E-state index in [1.54, 1.807) is 13.2 Å². The van der Waals surface area contributed by atoms with Gasteiger partial charge in [0.05, 0.1) is 18.5 Å². The van der Waals surface area contributed by atoms with Crippen LogP contribution in [0, 0.1) is 11.2 Å². The Labute approximate surface area is 183 Å². The minimum absolute atomic E-state index is 0.341. The fourth-order valence-corrected chi connectivity index (χ4v) is 4.03. The molecule has 0 aliphatic heterocycles. The standard InChI is InChI=1S/C23H33FN6O/c1-23(7-8-23)14-27-21-12-20(28-15-29-21)18-11-22(26-13-19(18)24)30-17-5-3-16(4-6-17)25-9-10-31-2/h11-13,15-17,25H,3-10,14H2,1-2H3,(H,26,30)(H,27,28,29). The maximum atomic E-state index is 14.6. The van der Waals surface area contributed by atoms with E-state index < -0.39 is 0 Å². The van der Waals surface area contributed by atoms with Crippen LogP contribution >= 0.6 is 0 Å². The van der Waals surface area contributed by atoms with Crippen molar-refractivity contribution in [3.05, 3.63) is 30.5 Å². The zero-order valence-corrected chi connectivity index (χ0v) is 18.5. The lowest BCUT2D eigenvalue weighted by Crippen LogP contribution is -2.38. The zero-order valence-electron chi connectivity index (χ0n) is 18.5. The van der Waals surface area contributed by atoms with E-state index in [1.807, 2.05) is 6.07 Å². The molecule has 2 heterocycles. The summed E-state index contributed by atoms with van der Waals surface area (Å²) in [6, 6.07) is 4.44. The molecule has 2 aliphatic carbocycles. The molecule has 4 rings (SSSR count). The van der Waals surface area contributed by atoms with Crippen LogP contribution in [-0.4, -0.2) is 53.8 Å². The van der Waals surface area contributed by atoms with Crippen LogP contribution < -0.4 is 16.0 Å². The fraction of sp³-hybridized carbons (Fsp3) is 0.609. The molecule has 0 aromatic carbocycles. The van der Waals surface area contributed by atoms with E-state index in [2.05, 4.69) is 37.8 Å². The number of hydrogen-bond acceptors (Lipinski definition) is 7. The number of pyridine rings is 1. The van der Waals surface area contributed by atoms with Crippen molar-refractivity contribution in [3.8, 4) is 11.3 Å². The Morgan fingerprint density at radius 1 is 1.06 bits per heavy atom. The molecule has 8 heteroatoms. The SMILES string of the molecule is COCCNC1CCC(Nc2cc(-c3cc(NCC4(C)CC4)ncn3)c(F)cn2)CC1. The van der Waals surface area contributed by atoms with Crippen molar-refractivity contribution in [2.24, 2.45) is 5.41 Å². The lowest BCUT2D eigenvalue weighted by Gasteiger charge is -2.30. The van der Waals surface area contributed by atoms with Crippen LogP contribution in [-0.2, 0) is 4.74 Å². The summed E-state index contributed by atoms with van der Waals surface area (Å²) in [5.74, 6) is 1.03. The van der Waals surface area contributed by atoms with Crippen molar-refractivity contribution < 1.29 is 9.13 Å². The van der Waals surface area contributed by atoms with Gasteiger partial charge in [-0.2, -0.15) is 0 Å². The second-order valence-corrected chi connectivity index (χ2v) is 9.14. The van der Waals surface area contributed by atoms with Crippen LogP contribution in [0.2, 0.25) is 0 Å². The third kappa shape index (κ3) is 6.11. The number of halogens is 1. The summed E-state index contributed by atoms with van der Waals surface area (Å²) >= 11 is 0. The molecule has 2 aromatic rings. The van der Waals surface area contributed by atoms with Crippen LogP contribution in [0.4, 0.5) is 16.0 Å². The summed E-state index contributed by atoms with van der Waals surface area (Å²) in [5.41, 5.74) is 1.37. The van der Waals surface area contributed by atoms with Gasteiger partial charge in [0.15, 0.2) is 5.82 Å². The molecule has 2 aliphatic rings. The molecular weight excluding hydrogens is 395 g/mol. The highest BCUT2D eigenvalue weighted by molar-refractivity contribution is 5.65. The van der Waals surface area contributed by atoms with Gasteiger partial charge < -0.3 is 20.7 Å². The summed E-state index contributed by atoms with van der Waals surface area (Å²) in [7, 11) is 1.72.